The lowest BCUT2D eigenvalue weighted by Crippen LogP contribution is -2.32. The van der Waals surface area contributed by atoms with Crippen LogP contribution in [0.5, 0.6) is 0 Å². The number of benzene rings is 1. The lowest BCUT2D eigenvalue weighted by Gasteiger charge is -2.11. The summed E-state index contributed by atoms with van der Waals surface area (Å²) < 4.78 is 0. The van der Waals surface area contributed by atoms with Crippen molar-refractivity contribution in [2.75, 3.05) is 0 Å². The van der Waals surface area contributed by atoms with E-state index in [1.807, 2.05) is 45.0 Å². The Balaban J connectivity index is 2.02. The number of nitrogens with zero attached hydrogens (tertiary/aromatic N) is 1. The summed E-state index contributed by atoms with van der Waals surface area (Å²) in [6, 6.07) is 11.1. The van der Waals surface area contributed by atoms with E-state index in [0.29, 0.717) is 12.1 Å². The van der Waals surface area contributed by atoms with Crippen LogP contribution in [0.25, 0.3) is 0 Å². The van der Waals surface area contributed by atoms with Gasteiger partial charge in [0.25, 0.3) is 11.8 Å². The van der Waals surface area contributed by atoms with Crippen LogP contribution in [0.2, 0.25) is 0 Å². The van der Waals surface area contributed by atoms with Crippen molar-refractivity contribution in [3.05, 3.63) is 65.0 Å². The maximum Gasteiger partial charge on any atom is 0.270 e. The molecule has 0 bridgehead atoms. The molecule has 0 fully saturated rings. The first-order valence-corrected chi connectivity index (χ1v) is 8.10. The van der Waals surface area contributed by atoms with Crippen LogP contribution in [-0.4, -0.2) is 22.8 Å². The van der Waals surface area contributed by atoms with Crippen molar-refractivity contribution in [2.24, 2.45) is 0 Å². The summed E-state index contributed by atoms with van der Waals surface area (Å²) >= 11 is 0. The van der Waals surface area contributed by atoms with E-state index in [9.17, 15) is 9.59 Å². The first-order valence-electron chi connectivity index (χ1n) is 8.10. The average molecular weight is 325 g/mol. The molecule has 24 heavy (non-hydrogen) atoms. The van der Waals surface area contributed by atoms with Gasteiger partial charge in [-0.3, -0.25) is 14.6 Å². The van der Waals surface area contributed by atoms with Crippen LogP contribution in [0.4, 0.5) is 0 Å². The number of aromatic nitrogens is 1. The first kappa shape index (κ1) is 17.7. The second-order valence-electron chi connectivity index (χ2n) is 5.88. The van der Waals surface area contributed by atoms with Gasteiger partial charge in [0.05, 0.1) is 0 Å². The van der Waals surface area contributed by atoms with E-state index < -0.39 is 0 Å². The van der Waals surface area contributed by atoms with Crippen LogP contribution in [-0.2, 0) is 6.54 Å². The van der Waals surface area contributed by atoms with Crippen molar-refractivity contribution in [1.29, 1.82) is 0 Å². The highest BCUT2D eigenvalue weighted by atomic mass is 16.2. The maximum atomic E-state index is 12.3. The zero-order chi connectivity index (χ0) is 17.5. The predicted octanol–water partition coefficient (Wildman–Crippen LogP) is 2.85. The molecule has 2 amide bonds. The normalized spacial score (nSPS) is 11.6. The lowest BCUT2D eigenvalue weighted by atomic mass is 10.1. The molecule has 1 aromatic heterocycles. The summed E-state index contributed by atoms with van der Waals surface area (Å²) in [5, 5.41) is 5.71. The van der Waals surface area contributed by atoms with E-state index >= 15 is 0 Å². The fraction of sp³-hybridized carbons (Fsp3) is 0.316. The van der Waals surface area contributed by atoms with Crippen LogP contribution in [0.3, 0.4) is 0 Å². The molecule has 1 unspecified atom stereocenters. The SMILES string of the molecule is CCC(C)NC(=O)c1cc(C(=O)NCc2cccc(C)c2)ccn1. The fourth-order valence-electron chi connectivity index (χ4n) is 2.20. The number of hydrogen-bond acceptors (Lipinski definition) is 3. The average Bonchev–Trinajstić information content (AvgIpc) is 2.59. The fourth-order valence-corrected chi connectivity index (χ4v) is 2.20. The predicted molar refractivity (Wildman–Crippen MR) is 93.8 cm³/mol. The van der Waals surface area contributed by atoms with Crippen LogP contribution in [0.1, 0.15) is 52.2 Å². The molecule has 0 radical (unpaired) electrons. The third-order valence-electron chi connectivity index (χ3n) is 3.78. The van der Waals surface area contributed by atoms with Gasteiger partial charge >= 0.3 is 0 Å². The van der Waals surface area contributed by atoms with Gasteiger partial charge in [-0.25, -0.2) is 0 Å². The molecular weight excluding hydrogens is 302 g/mol. The molecule has 2 aromatic rings. The van der Waals surface area contributed by atoms with Gasteiger partial charge < -0.3 is 10.6 Å². The molecule has 1 atom stereocenters. The zero-order valence-electron chi connectivity index (χ0n) is 14.3. The molecule has 1 aromatic carbocycles. The lowest BCUT2D eigenvalue weighted by molar-refractivity contribution is 0.0934. The zero-order valence-corrected chi connectivity index (χ0v) is 14.3. The van der Waals surface area contributed by atoms with Crippen molar-refractivity contribution < 1.29 is 9.59 Å². The van der Waals surface area contributed by atoms with Gasteiger partial charge in [-0.1, -0.05) is 36.8 Å². The summed E-state index contributed by atoms with van der Waals surface area (Å²) in [4.78, 5) is 28.4. The topological polar surface area (TPSA) is 71.1 Å². The highest BCUT2D eigenvalue weighted by molar-refractivity contribution is 5.98. The molecule has 2 N–H and O–H groups in total. The molecule has 0 aliphatic carbocycles. The summed E-state index contributed by atoms with van der Waals surface area (Å²) in [7, 11) is 0. The largest absolute Gasteiger partial charge is 0.348 e. The third-order valence-corrected chi connectivity index (χ3v) is 3.78. The van der Waals surface area contributed by atoms with Crippen LogP contribution in [0.15, 0.2) is 42.6 Å². The molecule has 0 saturated carbocycles. The van der Waals surface area contributed by atoms with E-state index in [2.05, 4.69) is 15.6 Å². The summed E-state index contributed by atoms with van der Waals surface area (Å²) in [5.41, 5.74) is 2.85. The van der Waals surface area contributed by atoms with E-state index in [4.69, 9.17) is 0 Å². The Labute approximate surface area is 142 Å². The number of rotatable bonds is 6. The highest BCUT2D eigenvalue weighted by Gasteiger charge is 2.13. The van der Waals surface area contributed by atoms with E-state index in [0.717, 1.165) is 17.5 Å². The Kier molecular flexibility index (Phi) is 6.07. The molecule has 2 rings (SSSR count). The Morgan fingerprint density at radius 1 is 1.17 bits per heavy atom. The standard InChI is InChI=1S/C19H23N3O2/c1-4-14(3)22-19(24)17-11-16(8-9-20-17)18(23)21-12-15-7-5-6-13(2)10-15/h5-11,14H,4,12H2,1-3H3,(H,21,23)(H,22,24). The molecule has 0 saturated heterocycles. The number of nitrogens with one attached hydrogen (secondary N) is 2. The Bertz CT molecular complexity index is 728. The Morgan fingerprint density at radius 3 is 2.67 bits per heavy atom. The van der Waals surface area contributed by atoms with E-state index in [1.165, 1.54) is 12.3 Å². The first-order chi connectivity index (χ1) is 11.5. The number of carbonyl (C=O) groups excluding carboxylic acids is 2. The number of hydrogen-bond donors (Lipinski definition) is 2. The molecule has 0 aliphatic heterocycles. The van der Waals surface area contributed by atoms with Gasteiger partial charge in [0, 0.05) is 24.3 Å². The van der Waals surface area contributed by atoms with Gasteiger partial charge in [-0.2, -0.15) is 0 Å². The van der Waals surface area contributed by atoms with Gasteiger partial charge in [0.15, 0.2) is 0 Å². The second kappa shape index (κ2) is 8.24. The number of aryl methyl sites for hydroxylation is 1. The van der Waals surface area contributed by atoms with Crippen molar-refractivity contribution >= 4 is 11.8 Å². The minimum atomic E-state index is -0.266. The van der Waals surface area contributed by atoms with Gasteiger partial charge in [-0.05, 0) is 38.0 Å². The number of carbonyl (C=O) groups is 2. The third kappa shape index (κ3) is 4.91. The molecule has 1 heterocycles. The van der Waals surface area contributed by atoms with Crippen molar-refractivity contribution in [2.45, 2.75) is 39.8 Å². The van der Waals surface area contributed by atoms with Gasteiger partial charge in [0.1, 0.15) is 5.69 Å². The highest BCUT2D eigenvalue weighted by Crippen LogP contribution is 2.06. The molecule has 5 nitrogen and oxygen atoms in total. The minimum Gasteiger partial charge on any atom is -0.348 e. The molecule has 5 heteroatoms. The summed E-state index contributed by atoms with van der Waals surface area (Å²) in [6.07, 6.45) is 2.31. The smallest absolute Gasteiger partial charge is 0.270 e. The molecule has 0 spiro atoms. The Hall–Kier alpha value is -2.69. The van der Waals surface area contributed by atoms with Crippen molar-refractivity contribution in [3.63, 3.8) is 0 Å². The number of amides is 2. The van der Waals surface area contributed by atoms with Crippen molar-refractivity contribution in [3.8, 4) is 0 Å². The summed E-state index contributed by atoms with van der Waals surface area (Å²) in [6.45, 7) is 6.37. The van der Waals surface area contributed by atoms with E-state index in [1.54, 1.807) is 6.07 Å². The second-order valence-corrected chi connectivity index (χ2v) is 5.88. The quantitative estimate of drug-likeness (QED) is 0.858. The summed E-state index contributed by atoms with van der Waals surface area (Å²) in [5.74, 6) is -0.491. The van der Waals surface area contributed by atoms with Gasteiger partial charge in [0.2, 0.25) is 0 Å². The molecule has 126 valence electrons. The van der Waals surface area contributed by atoms with Crippen LogP contribution in [0, 0.1) is 6.92 Å². The van der Waals surface area contributed by atoms with E-state index in [-0.39, 0.29) is 23.6 Å². The minimum absolute atomic E-state index is 0.0677. The van der Waals surface area contributed by atoms with Gasteiger partial charge in [-0.15, -0.1) is 0 Å². The van der Waals surface area contributed by atoms with Crippen LogP contribution >= 0.6 is 0 Å². The van der Waals surface area contributed by atoms with Crippen molar-refractivity contribution in [1.82, 2.24) is 15.6 Å². The number of pyridine rings is 1. The maximum absolute atomic E-state index is 12.3. The van der Waals surface area contributed by atoms with Crippen LogP contribution < -0.4 is 10.6 Å². The monoisotopic (exact) mass is 325 g/mol. The Morgan fingerprint density at radius 2 is 1.96 bits per heavy atom. The molecule has 0 aliphatic rings. The molecular formula is C19H23N3O2.